The SMILES string of the molecule is CNC(Cc1ncc[nH]1)C1CC1c1ccccc1. The maximum Gasteiger partial charge on any atom is 0.107 e. The standard InChI is InChI=1S/C15H19N3/c1-16-14(10-15-17-7-8-18-15)13-9-12(13)11-5-3-2-4-6-11/h2-8,12-14,16H,9-10H2,1H3,(H,17,18). The van der Waals surface area contributed by atoms with Crippen LogP contribution in [0.2, 0.25) is 0 Å². The van der Waals surface area contributed by atoms with Crippen molar-refractivity contribution in [1.29, 1.82) is 0 Å². The molecule has 0 bridgehead atoms. The first-order valence-corrected chi connectivity index (χ1v) is 6.59. The van der Waals surface area contributed by atoms with Crippen molar-refractivity contribution in [2.75, 3.05) is 7.05 Å². The molecule has 1 fully saturated rings. The number of hydrogen-bond donors (Lipinski definition) is 2. The van der Waals surface area contributed by atoms with Gasteiger partial charge in [0.25, 0.3) is 0 Å². The predicted molar refractivity (Wildman–Crippen MR) is 72.4 cm³/mol. The van der Waals surface area contributed by atoms with Crippen molar-refractivity contribution in [3.05, 3.63) is 54.1 Å². The summed E-state index contributed by atoms with van der Waals surface area (Å²) in [5.74, 6) is 2.54. The summed E-state index contributed by atoms with van der Waals surface area (Å²) in [4.78, 5) is 7.50. The first-order chi connectivity index (χ1) is 8.88. The summed E-state index contributed by atoms with van der Waals surface area (Å²) in [5, 5.41) is 3.44. The van der Waals surface area contributed by atoms with E-state index in [2.05, 4.69) is 45.6 Å². The van der Waals surface area contributed by atoms with Crippen molar-refractivity contribution in [3.8, 4) is 0 Å². The number of H-pyrrole nitrogens is 1. The number of hydrogen-bond acceptors (Lipinski definition) is 2. The monoisotopic (exact) mass is 241 g/mol. The van der Waals surface area contributed by atoms with Crippen LogP contribution in [0, 0.1) is 5.92 Å². The van der Waals surface area contributed by atoms with E-state index in [4.69, 9.17) is 0 Å². The first-order valence-electron chi connectivity index (χ1n) is 6.59. The molecule has 0 spiro atoms. The molecule has 3 unspecified atom stereocenters. The Hall–Kier alpha value is -1.61. The third kappa shape index (κ3) is 2.31. The smallest absolute Gasteiger partial charge is 0.107 e. The number of nitrogens with one attached hydrogen (secondary N) is 2. The Labute approximate surface area is 108 Å². The fourth-order valence-electron chi connectivity index (χ4n) is 2.83. The van der Waals surface area contributed by atoms with Crippen LogP contribution in [0.15, 0.2) is 42.7 Å². The lowest BCUT2D eigenvalue weighted by molar-refractivity contribution is 0.482. The fourth-order valence-corrected chi connectivity index (χ4v) is 2.83. The van der Waals surface area contributed by atoms with Crippen molar-refractivity contribution in [1.82, 2.24) is 15.3 Å². The van der Waals surface area contributed by atoms with Gasteiger partial charge < -0.3 is 10.3 Å². The van der Waals surface area contributed by atoms with Crippen LogP contribution in [0.25, 0.3) is 0 Å². The van der Waals surface area contributed by atoms with E-state index in [0.29, 0.717) is 6.04 Å². The molecule has 0 amide bonds. The molecule has 2 aromatic rings. The van der Waals surface area contributed by atoms with Crippen molar-refractivity contribution in [2.45, 2.75) is 24.8 Å². The van der Waals surface area contributed by atoms with Crippen LogP contribution in [-0.2, 0) is 6.42 Å². The van der Waals surface area contributed by atoms with E-state index < -0.39 is 0 Å². The Morgan fingerprint density at radius 1 is 1.39 bits per heavy atom. The van der Waals surface area contributed by atoms with Gasteiger partial charge in [-0.3, -0.25) is 0 Å². The average Bonchev–Trinajstić information content (AvgIpc) is 3.05. The molecule has 0 radical (unpaired) electrons. The maximum atomic E-state index is 4.32. The molecule has 0 saturated heterocycles. The third-order valence-electron chi connectivity index (χ3n) is 3.92. The van der Waals surface area contributed by atoms with Crippen molar-refractivity contribution in [2.24, 2.45) is 5.92 Å². The molecule has 0 aliphatic heterocycles. The Balaban J connectivity index is 1.65. The summed E-state index contributed by atoms with van der Waals surface area (Å²) in [6.45, 7) is 0. The van der Waals surface area contributed by atoms with Gasteiger partial charge in [-0.05, 0) is 30.9 Å². The molecule has 2 N–H and O–H groups in total. The van der Waals surface area contributed by atoms with E-state index in [1.54, 1.807) is 0 Å². The van der Waals surface area contributed by atoms with Crippen LogP contribution in [0.3, 0.4) is 0 Å². The molecule has 1 aromatic carbocycles. The molecule has 1 aliphatic carbocycles. The second kappa shape index (κ2) is 4.94. The number of nitrogens with zero attached hydrogens (tertiary/aromatic N) is 1. The zero-order valence-electron chi connectivity index (χ0n) is 10.6. The molecule has 1 heterocycles. The molecule has 94 valence electrons. The molecular formula is C15H19N3. The zero-order chi connectivity index (χ0) is 12.4. The highest BCUT2D eigenvalue weighted by Crippen LogP contribution is 2.49. The second-order valence-corrected chi connectivity index (χ2v) is 5.05. The van der Waals surface area contributed by atoms with Gasteiger partial charge in [-0.1, -0.05) is 30.3 Å². The van der Waals surface area contributed by atoms with Gasteiger partial charge in [-0.2, -0.15) is 0 Å². The van der Waals surface area contributed by atoms with Crippen LogP contribution in [0.1, 0.15) is 23.7 Å². The van der Waals surface area contributed by atoms with Gasteiger partial charge in [0.2, 0.25) is 0 Å². The summed E-state index contributed by atoms with van der Waals surface area (Å²) in [6.07, 6.45) is 5.99. The summed E-state index contributed by atoms with van der Waals surface area (Å²) < 4.78 is 0. The van der Waals surface area contributed by atoms with Gasteiger partial charge in [0, 0.05) is 24.9 Å². The van der Waals surface area contributed by atoms with Crippen molar-refractivity contribution < 1.29 is 0 Å². The number of benzene rings is 1. The lowest BCUT2D eigenvalue weighted by Crippen LogP contribution is -2.30. The minimum absolute atomic E-state index is 0.515. The number of aromatic amines is 1. The van der Waals surface area contributed by atoms with Gasteiger partial charge in [0.05, 0.1) is 0 Å². The minimum Gasteiger partial charge on any atom is -0.349 e. The summed E-state index contributed by atoms with van der Waals surface area (Å²) in [7, 11) is 2.05. The van der Waals surface area contributed by atoms with Gasteiger partial charge >= 0.3 is 0 Å². The lowest BCUT2D eigenvalue weighted by Gasteiger charge is -2.14. The number of imidazole rings is 1. The number of rotatable bonds is 5. The van der Waals surface area contributed by atoms with Crippen molar-refractivity contribution >= 4 is 0 Å². The van der Waals surface area contributed by atoms with E-state index >= 15 is 0 Å². The second-order valence-electron chi connectivity index (χ2n) is 5.05. The van der Waals surface area contributed by atoms with E-state index in [-0.39, 0.29) is 0 Å². The summed E-state index contributed by atoms with van der Waals surface area (Å²) >= 11 is 0. The van der Waals surface area contributed by atoms with Crippen molar-refractivity contribution in [3.63, 3.8) is 0 Å². The highest BCUT2D eigenvalue weighted by molar-refractivity contribution is 5.26. The van der Waals surface area contributed by atoms with Gasteiger partial charge in [0.15, 0.2) is 0 Å². The Bertz CT molecular complexity index is 478. The Morgan fingerprint density at radius 3 is 2.89 bits per heavy atom. The van der Waals surface area contributed by atoms with Gasteiger partial charge in [0.1, 0.15) is 5.82 Å². The lowest BCUT2D eigenvalue weighted by atomic mass is 10.0. The van der Waals surface area contributed by atoms with E-state index in [0.717, 1.165) is 24.1 Å². The van der Waals surface area contributed by atoms with Crippen LogP contribution < -0.4 is 5.32 Å². The van der Waals surface area contributed by atoms with Gasteiger partial charge in [-0.15, -0.1) is 0 Å². The Morgan fingerprint density at radius 2 is 2.22 bits per heavy atom. The molecule has 18 heavy (non-hydrogen) atoms. The molecule has 3 nitrogen and oxygen atoms in total. The van der Waals surface area contributed by atoms with E-state index in [1.165, 1.54) is 12.0 Å². The first kappa shape index (κ1) is 11.5. The fraction of sp³-hybridized carbons (Fsp3) is 0.400. The molecule has 1 saturated carbocycles. The minimum atomic E-state index is 0.515. The molecular weight excluding hydrogens is 222 g/mol. The maximum absolute atomic E-state index is 4.32. The Kier molecular flexibility index (Phi) is 3.15. The molecule has 3 heteroatoms. The van der Waals surface area contributed by atoms with Gasteiger partial charge in [-0.25, -0.2) is 4.98 Å². The topological polar surface area (TPSA) is 40.7 Å². The van der Waals surface area contributed by atoms with E-state index in [1.807, 2.05) is 19.4 Å². The number of aromatic nitrogens is 2. The highest BCUT2D eigenvalue weighted by Gasteiger charge is 2.43. The molecule has 1 aromatic heterocycles. The average molecular weight is 241 g/mol. The van der Waals surface area contributed by atoms with Crippen LogP contribution in [0.5, 0.6) is 0 Å². The summed E-state index contributed by atoms with van der Waals surface area (Å²) in [5.41, 5.74) is 1.47. The van der Waals surface area contributed by atoms with Crippen LogP contribution in [0.4, 0.5) is 0 Å². The quantitative estimate of drug-likeness (QED) is 0.843. The largest absolute Gasteiger partial charge is 0.349 e. The number of likely N-dealkylation sites (N-methyl/N-ethyl adjacent to an activating group) is 1. The predicted octanol–water partition coefficient (Wildman–Crippen LogP) is 2.34. The molecule has 3 rings (SSSR count). The molecule has 1 aliphatic rings. The zero-order valence-corrected chi connectivity index (χ0v) is 10.6. The van der Waals surface area contributed by atoms with Crippen LogP contribution in [-0.4, -0.2) is 23.1 Å². The highest BCUT2D eigenvalue weighted by atomic mass is 14.9. The normalized spacial score (nSPS) is 23.8. The summed E-state index contributed by atoms with van der Waals surface area (Å²) in [6, 6.07) is 11.3. The van der Waals surface area contributed by atoms with Crippen LogP contribution >= 0.6 is 0 Å². The molecule has 3 atom stereocenters. The third-order valence-corrected chi connectivity index (χ3v) is 3.92. The van der Waals surface area contributed by atoms with E-state index in [9.17, 15) is 0 Å².